The van der Waals surface area contributed by atoms with E-state index in [-0.39, 0.29) is 19.1 Å². The van der Waals surface area contributed by atoms with Crippen LogP contribution in [0, 0.1) is 0 Å². The summed E-state index contributed by atoms with van der Waals surface area (Å²) in [6.07, 6.45) is 53.8. The minimum Gasteiger partial charge on any atom is -0.756 e. The number of rotatable bonds is 48. The third-order valence-electron chi connectivity index (χ3n) is 11.9. The van der Waals surface area contributed by atoms with Crippen LogP contribution in [0.2, 0.25) is 0 Å². The number of unbranched alkanes of at least 4 members (excludes halogenated alkanes) is 33. The monoisotopic (exact) mass is 883 g/mol. The van der Waals surface area contributed by atoms with E-state index < -0.39 is 20.0 Å². The number of nitrogens with zero attached hydrogens (tertiary/aromatic N) is 1. The molecule has 0 bridgehead atoms. The number of carbonyl (C=O) groups is 1. The van der Waals surface area contributed by atoms with Crippen LogP contribution in [0.3, 0.4) is 0 Å². The minimum absolute atomic E-state index is 0.000144. The highest BCUT2D eigenvalue weighted by molar-refractivity contribution is 7.45. The van der Waals surface area contributed by atoms with Crippen molar-refractivity contribution < 1.29 is 32.9 Å². The van der Waals surface area contributed by atoms with E-state index >= 15 is 0 Å². The maximum absolute atomic E-state index is 12.9. The maximum Gasteiger partial charge on any atom is 0.268 e. The zero-order chi connectivity index (χ0) is 45.0. The number of phosphoric acid groups is 1. The third kappa shape index (κ3) is 46.8. The van der Waals surface area contributed by atoms with Gasteiger partial charge in [-0.25, -0.2) is 0 Å². The van der Waals surface area contributed by atoms with Crippen molar-refractivity contribution in [3.63, 3.8) is 0 Å². The standard InChI is InChI=1S/C52H103N2O6P/c1-6-8-10-12-14-16-18-20-21-22-23-24-25-26-27-28-29-30-31-32-34-36-38-40-42-44-46-52(56)53-50(49-60-61(57,58)59-48-47-54(3,4)5)51(55)45-43-41-39-37-35-33-19-17-15-13-11-9-7-2/h26-27,43,45,50-51,55H,6-25,28-42,44,46-49H2,1-5H3,(H-,53,56,57,58)/b27-26-,45-43+. The number of allylic oxidation sites excluding steroid dienone is 3. The molecule has 0 saturated heterocycles. The molecule has 3 unspecified atom stereocenters. The van der Waals surface area contributed by atoms with Crippen molar-refractivity contribution in [1.29, 1.82) is 0 Å². The van der Waals surface area contributed by atoms with E-state index in [2.05, 4.69) is 31.3 Å². The number of aliphatic hydroxyl groups is 1. The molecule has 0 heterocycles. The first-order chi connectivity index (χ1) is 29.5. The van der Waals surface area contributed by atoms with Crippen molar-refractivity contribution in [1.82, 2.24) is 5.32 Å². The molecular weight excluding hydrogens is 780 g/mol. The molecule has 0 radical (unpaired) electrons. The van der Waals surface area contributed by atoms with Gasteiger partial charge in [-0.05, 0) is 44.9 Å². The van der Waals surface area contributed by atoms with Crippen molar-refractivity contribution in [2.24, 2.45) is 0 Å². The van der Waals surface area contributed by atoms with Gasteiger partial charge in [0.25, 0.3) is 7.82 Å². The summed E-state index contributed by atoms with van der Waals surface area (Å²) in [5.41, 5.74) is 0. The van der Waals surface area contributed by atoms with Crippen LogP contribution in [0.5, 0.6) is 0 Å². The quantitative estimate of drug-likeness (QED) is 0.0273. The van der Waals surface area contributed by atoms with Gasteiger partial charge in [0.15, 0.2) is 0 Å². The zero-order valence-corrected chi connectivity index (χ0v) is 42.0. The lowest BCUT2D eigenvalue weighted by atomic mass is 10.0. The van der Waals surface area contributed by atoms with Gasteiger partial charge in [-0.3, -0.25) is 9.36 Å². The molecule has 0 aliphatic rings. The summed E-state index contributed by atoms with van der Waals surface area (Å²) >= 11 is 0. The Morgan fingerprint density at radius 1 is 0.557 bits per heavy atom. The second-order valence-corrected chi connectivity index (χ2v) is 20.6. The number of quaternary nitrogens is 1. The number of hydrogen-bond acceptors (Lipinski definition) is 6. The predicted octanol–water partition coefficient (Wildman–Crippen LogP) is 14.6. The fraction of sp³-hybridized carbons (Fsp3) is 0.904. The Bertz CT molecular complexity index is 1050. The molecule has 0 aliphatic heterocycles. The van der Waals surface area contributed by atoms with Crippen LogP contribution in [0.25, 0.3) is 0 Å². The van der Waals surface area contributed by atoms with Gasteiger partial charge in [0, 0.05) is 6.42 Å². The Kier molecular flexibility index (Phi) is 43.5. The van der Waals surface area contributed by atoms with E-state index in [1.165, 1.54) is 193 Å². The van der Waals surface area contributed by atoms with Gasteiger partial charge >= 0.3 is 0 Å². The Labute approximate surface area is 379 Å². The third-order valence-corrected chi connectivity index (χ3v) is 12.9. The van der Waals surface area contributed by atoms with Crippen molar-refractivity contribution in [3.05, 3.63) is 24.3 Å². The SMILES string of the molecule is CCCCCCCCCCCCC/C=C/C(O)C(COP(=O)([O-])OCC[N+](C)(C)C)NC(=O)CCCCCCCCCCCC/C=C\CCCCCCCCCCCCCC. The molecular formula is C52H103N2O6P. The topological polar surface area (TPSA) is 108 Å². The Morgan fingerprint density at radius 2 is 0.902 bits per heavy atom. The first-order valence-corrected chi connectivity index (χ1v) is 27.7. The van der Waals surface area contributed by atoms with Crippen molar-refractivity contribution in [2.75, 3.05) is 40.9 Å². The molecule has 362 valence electrons. The Balaban J connectivity index is 4.16. The lowest BCUT2D eigenvalue weighted by molar-refractivity contribution is -0.870. The molecule has 0 aliphatic carbocycles. The number of hydrogen-bond donors (Lipinski definition) is 2. The number of nitrogens with one attached hydrogen (secondary N) is 1. The van der Waals surface area contributed by atoms with Crippen LogP contribution < -0.4 is 10.2 Å². The van der Waals surface area contributed by atoms with Gasteiger partial charge in [0.2, 0.25) is 5.91 Å². The average molecular weight is 883 g/mol. The predicted molar refractivity (Wildman–Crippen MR) is 261 cm³/mol. The second-order valence-electron chi connectivity index (χ2n) is 19.2. The summed E-state index contributed by atoms with van der Waals surface area (Å²) in [5, 5.41) is 13.8. The number of amides is 1. The van der Waals surface area contributed by atoms with E-state index in [9.17, 15) is 19.4 Å². The molecule has 61 heavy (non-hydrogen) atoms. The van der Waals surface area contributed by atoms with Gasteiger partial charge in [-0.1, -0.05) is 224 Å². The van der Waals surface area contributed by atoms with Crippen LogP contribution in [-0.2, 0) is 18.4 Å². The molecule has 0 aromatic rings. The highest BCUT2D eigenvalue weighted by Gasteiger charge is 2.23. The molecule has 0 rings (SSSR count). The first-order valence-electron chi connectivity index (χ1n) is 26.2. The number of carbonyl (C=O) groups excluding carboxylic acids is 1. The maximum atomic E-state index is 12.9. The minimum atomic E-state index is -4.59. The summed E-state index contributed by atoms with van der Waals surface area (Å²) in [5.74, 6) is -0.197. The first kappa shape index (κ1) is 60.0. The number of aliphatic hydroxyl groups excluding tert-OH is 1. The van der Waals surface area contributed by atoms with Crippen LogP contribution in [0.4, 0.5) is 0 Å². The summed E-state index contributed by atoms with van der Waals surface area (Å²) in [6, 6.07) is -0.884. The van der Waals surface area contributed by atoms with Crippen molar-refractivity contribution in [2.45, 2.75) is 264 Å². The smallest absolute Gasteiger partial charge is 0.268 e. The van der Waals surface area contributed by atoms with Gasteiger partial charge in [0.1, 0.15) is 13.2 Å². The fourth-order valence-electron chi connectivity index (χ4n) is 7.74. The van der Waals surface area contributed by atoms with E-state index in [0.717, 1.165) is 38.5 Å². The molecule has 8 nitrogen and oxygen atoms in total. The Morgan fingerprint density at radius 3 is 1.28 bits per heavy atom. The summed E-state index contributed by atoms with van der Waals surface area (Å²) in [4.78, 5) is 25.4. The van der Waals surface area contributed by atoms with Gasteiger partial charge < -0.3 is 28.8 Å². The molecule has 0 saturated carbocycles. The summed E-state index contributed by atoms with van der Waals surface area (Å²) in [6.45, 7) is 4.66. The molecule has 3 atom stereocenters. The van der Waals surface area contributed by atoms with Gasteiger partial charge in [-0.2, -0.15) is 0 Å². The van der Waals surface area contributed by atoms with E-state index in [4.69, 9.17) is 9.05 Å². The highest BCUT2D eigenvalue weighted by Crippen LogP contribution is 2.38. The van der Waals surface area contributed by atoms with E-state index in [1.54, 1.807) is 6.08 Å². The average Bonchev–Trinajstić information content (AvgIpc) is 3.21. The molecule has 0 aromatic carbocycles. The van der Waals surface area contributed by atoms with E-state index in [0.29, 0.717) is 17.4 Å². The van der Waals surface area contributed by atoms with Crippen LogP contribution in [-0.4, -0.2) is 68.5 Å². The summed E-state index contributed by atoms with van der Waals surface area (Å²) in [7, 11) is 1.27. The van der Waals surface area contributed by atoms with Crippen LogP contribution >= 0.6 is 7.82 Å². The molecule has 9 heteroatoms. The van der Waals surface area contributed by atoms with Crippen molar-refractivity contribution in [3.8, 4) is 0 Å². The summed E-state index contributed by atoms with van der Waals surface area (Å²) < 4.78 is 23.3. The lowest BCUT2D eigenvalue weighted by Gasteiger charge is -2.29. The fourth-order valence-corrected chi connectivity index (χ4v) is 8.46. The molecule has 2 N–H and O–H groups in total. The van der Waals surface area contributed by atoms with Crippen LogP contribution in [0.15, 0.2) is 24.3 Å². The molecule has 1 amide bonds. The van der Waals surface area contributed by atoms with Gasteiger partial charge in [-0.15, -0.1) is 0 Å². The molecule has 0 aromatic heterocycles. The van der Waals surface area contributed by atoms with Crippen molar-refractivity contribution >= 4 is 13.7 Å². The number of phosphoric ester groups is 1. The lowest BCUT2D eigenvalue weighted by Crippen LogP contribution is -2.45. The normalized spacial score (nSPS) is 14.3. The highest BCUT2D eigenvalue weighted by atomic mass is 31.2. The van der Waals surface area contributed by atoms with Crippen LogP contribution in [0.1, 0.15) is 251 Å². The number of likely N-dealkylation sites (N-methyl/N-ethyl adjacent to an activating group) is 1. The molecule has 0 fully saturated rings. The Hall–Kier alpha value is -1.02. The van der Waals surface area contributed by atoms with E-state index in [1.807, 2.05) is 27.2 Å². The van der Waals surface area contributed by atoms with Gasteiger partial charge in [0.05, 0.1) is 39.9 Å². The largest absolute Gasteiger partial charge is 0.756 e. The zero-order valence-electron chi connectivity index (χ0n) is 41.1. The second kappa shape index (κ2) is 44.2. The molecule has 0 spiro atoms.